The van der Waals surface area contributed by atoms with Crippen LogP contribution in [0.25, 0.3) is 10.2 Å². The molecule has 0 aliphatic carbocycles. The fourth-order valence-electron chi connectivity index (χ4n) is 2.29. The van der Waals surface area contributed by atoms with E-state index in [0.29, 0.717) is 16.3 Å². The first kappa shape index (κ1) is 15.0. The molecular weight excluding hydrogens is 316 g/mol. The molecule has 0 fully saturated rings. The van der Waals surface area contributed by atoms with Crippen molar-refractivity contribution in [3.63, 3.8) is 0 Å². The van der Waals surface area contributed by atoms with Gasteiger partial charge in [0.05, 0.1) is 16.2 Å². The summed E-state index contributed by atoms with van der Waals surface area (Å²) in [4.78, 5) is 17.9. The van der Waals surface area contributed by atoms with Crippen molar-refractivity contribution in [3.8, 4) is 5.75 Å². The third-order valence-corrected chi connectivity index (χ3v) is 5.11. The zero-order chi connectivity index (χ0) is 15.5. The van der Waals surface area contributed by atoms with E-state index in [2.05, 4.69) is 4.99 Å². The van der Waals surface area contributed by atoms with Gasteiger partial charge in [0.2, 0.25) is 0 Å². The predicted octanol–water partition coefficient (Wildman–Crippen LogP) is 3.92. The van der Waals surface area contributed by atoms with Crippen LogP contribution in [-0.2, 0) is 6.54 Å². The van der Waals surface area contributed by atoms with Crippen LogP contribution in [0, 0.1) is 0 Å². The monoisotopic (exact) mass is 332 g/mol. The Morgan fingerprint density at radius 3 is 2.82 bits per heavy atom. The molecule has 1 amide bonds. The van der Waals surface area contributed by atoms with Crippen LogP contribution in [0.1, 0.15) is 23.5 Å². The summed E-state index contributed by atoms with van der Waals surface area (Å²) in [5.74, 6) is 0.643. The number of thiophene rings is 1. The third-order valence-electron chi connectivity index (χ3n) is 3.21. The maximum absolute atomic E-state index is 12.2. The lowest BCUT2D eigenvalue weighted by atomic mass is 10.3. The summed E-state index contributed by atoms with van der Waals surface area (Å²) in [5.41, 5.74) is 1.01. The molecule has 0 atom stereocenters. The Balaban J connectivity index is 2.18. The number of carbonyl (C=O) groups is 1. The van der Waals surface area contributed by atoms with E-state index >= 15 is 0 Å². The minimum atomic E-state index is -0.193. The average Bonchev–Trinajstić information content (AvgIpc) is 3.15. The zero-order valence-electron chi connectivity index (χ0n) is 12.4. The van der Waals surface area contributed by atoms with Crippen LogP contribution in [0.4, 0.5) is 0 Å². The molecule has 2 aromatic heterocycles. The first-order chi connectivity index (χ1) is 10.7. The normalized spacial score (nSPS) is 12.0. The molecule has 4 nitrogen and oxygen atoms in total. The summed E-state index contributed by atoms with van der Waals surface area (Å²) in [6, 6.07) is 9.61. The molecule has 0 N–H and O–H groups in total. The van der Waals surface area contributed by atoms with Gasteiger partial charge in [0.25, 0.3) is 5.91 Å². The Morgan fingerprint density at radius 2 is 2.14 bits per heavy atom. The predicted molar refractivity (Wildman–Crippen MR) is 90.9 cm³/mol. The Morgan fingerprint density at radius 1 is 1.27 bits per heavy atom. The van der Waals surface area contributed by atoms with Crippen molar-refractivity contribution in [2.24, 2.45) is 4.99 Å². The average molecular weight is 332 g/mol. The number of aryl methyl sites for hydroxylation is 1. The fourth-order valence-corrected chi connectivity index (χ4v) is 4.01. The number of amides is 1. The quantitative estimate of drug-likeness (QED) is 0.727. The Bertz CT molecular complexity index is 860. The number of thiazole rings is 1. The summed E-state index contributed by atoms with van der Waals surface area (Å²) in [6.07, 6.45) is 0. The van der Waals surface area contributed by atoms with Gasteiger partial charge in [0, 0.05) is 6.54 Å². The smallest absolute Gasteiger partial charge is 0.289 e. The van der Waals surface area contributed by atoms with E-state index in [4.69, 9.17) is 4.74 Å². The number of hydrogen-bond donors (Lipinski definition) is 0. The van der Waals surface area contributed by atoms with Crippen LogP contribution >= 0.6 is 22.7 Å². The highest BCUT2D eigenvalue weighted by atomic mass is 32.1. The minimum absolute atomic E-state index is 0.193. The van der Waals surface area contributed by atoms with Crippen LogP contribution in [0.3, 0.4) is 0 Å². The van der Waals surface area contributed by atoms with Gasteiger partial charge in [-0.1, -0.05) is 23.5 Å². The highest BCUT2D eigenvalue weighted by Crippen LogP contribution is 2.27. The van der Waals surface area contributed by atoms with Gasteiger partial charge in [0.15, 0.2) is 4.80 Å². The molecule has 114 valence electrons. The number of fused-ring (bicyclic) bond motifs is 1. The molecule has 0 spiro atoms. The molecule has 3 rings (SSSR count). The molecular formula is C16H16N2O2S2. The van der Waals surface area contributed by atoms with E-state index in [1.165, 1.54) is 22.7 Å². The van der Waals surface area contributed by atoms with E-state index in [0.717, 1.165) is 22.5 Å². The van der Waals surface area contributed by atoms with Crippen molar-refractivity contribution >= 4 is 38.8 Å². The maximum atomic E-state index is 12.2. The number of carbonyl (C=O) groups excluding carboxylic acids is 1. The molecule has 0 saturated heterocycles. The molecule has 1 aromatic carbocycles. The standard InChI is InChI=1S/C16H16N2O2S2/c1-3-18-14-11(20-4-2)7-5-8-12(14)22-16(18)17-15(19)13-9-6-10-21-13/h5-10H,3-4H2,1-2H3. The van der Waals surface area contributed by atoms with E-state index in [-0.39, 0.29) is 5.91 Å². The Kier molecular flexibility index (Phi) is 4.40. The number of hydrogen-bond acceptors (Lipinski definition) is 4. The molecule has 22 heavy (non-hydrogen) atoms. The molecule has 0 saturated carbocycles. The molecule has 6 heteroatoms. The lowest BCUT2D eigenvalue weighted by Gasteiger charge is -2.07. The van der Waals surface area contributed by atoms with Gasteiger partial charge in [-0.05, 0) is 37.4 Å². The molecule has 3 aromatic rings. The molecule has 0 aliphatic rings. The van der Waals surface area contributed by atoms with Crippen molar-refractivity contribution in [2.75, 3.05) is 6.61 Å². The largest absolute Gasteiger partial charge is 0.492 e. The summed E-state index contributed by atoms with van der Waals surface area (Å²) >= 11 is 2.92. The van der Waals surface area contributed by atoms with Crippen LogP contribution in [-0.4, -0.2) is 17.1 Å². The topological polar surface area (TPSA) is 43.6 Å². The molecule has 2 heterocycles. The molecule has 0 aliphatic heterocycles. The second-order valence-corrected chi connectivity index (χ2v) is 6.52. The van der Waals surface area contributed by atoms with Gasteiger partial charge in [-0.3, -0.25) is 4.79 Å². The number of rotatable bonds is 4. The lowest BCUT2D eigenvalue weighted by molar-refractivity contribution is 0.100. The summed E-state index contributed by atoms with van der Waals surface area (Å²) in [7, 11) is 0. The summed E-state index contributed by atoms with van der Waals surface area (Å²) < 4.78 is 8.83. The van der Waals surface area contributed by atoms with Crippen molar-refractivity contribution in [2.45, 2.75) is 20.4 Å². The number of ether oxygens (including phenoxy) is 1. The molecule has 0 radical (unpaired) electrons. The second-order valence-electron chi connectivity index (χ2n) is 4.56. The van der Waals surface area contributed by atoms with Gasteiger partial charge >= 0.3 is 0 Å². The van der Waals surface area contributed by atoms with Gasteiger partial charge in [-0.15, -0.1) is 11.3 Å². The first-order valence-electron chi connectivity index (χ1n) is 7.12. The van der Waals surface area contributed by atoms with Gasteiger partial charge in [0.1, 0.15) is 11.3 Å². The third kappa shape index (κ3) is 2.71. The highest BCUT2D eigenvalue weighted by Gasteiger charge is 2.12. The first-order valence-corrected chi connectivity index (χ1v) is 8.82. The fraction of sp³-hybridized carbons (Fsp3) is 0.250. The van der Waals surface area contributed by atoms with E-state index in [9.17, 15) is 4.79 Å². The molecule has 0 bridgehead atoms. The maximum Gasteiger partial charge on any atom is 0.289 e. The van der Waals surface area contributed by atoms with Crippen LogP contribution in [0.15, 0.2) is 40.7 Å². The van der Waals surface area contributed by atoms with E-state index < -0.39 is 0 Å². The Hall–Kier alpha value is -1.92. The van der Waals surface area contributed by atoms with Crippen LogP contribution < -0.4 is 9.54 Å². The highest BCUT2D eigenvalue weighted by molar-refractivity contribution is 7.16. The number of para-hydroxylation sites is 1. The number of aromatic nitrogens is 1. The van der Waals surface area contributed by atoms with Crippen molar-refractivity contribution in [1.82, 2.24) is 4.57 Å². The van der Waals surface area contributed by atoms with Crippen molar-refractivity contribution in [1.29, 1.82) is 0 Å². The van der Waals surface area contributed by atoms with E-state index in [1.54, 1.807) is 6.07 Å². The number of benzene rings is 1. The second kappa shape index (κ2) is 6.46. The van der Waals surface area contributed by atoms with Crippen molar-refractivity contribution < 1.29 is 9.53 Å². The van der Waals surface area contributed by atoms with Crippen LogP contribution in [0.5, 0.6) is 5.75 Å². The zero-order valence-corrected chi connectivity index (χ0v) is 14.0. The van der Waals surface area contributed by atoms with Gasteiger partial charge in [-0.25, -0.2) is 0 Å². The number of nitrogens with zero attached hydrogens (tertiary/aromatic N) is 2. The Labute approximate surface area is 136 Å². The van der Waals surface area contributed by atoms with E-state index in [1.807, 2.05) is 48.1 Å². The van der Waals surface area contributed by atoms with Crippen molar-refractivity contribution in [3.05, 3.63) is 45.4 Å². The molecule has 0 unspecified atom stereocenters. The SMILES string of the molecule is CCOc1cccc2sc(=NC(=O)c3cccs3)n(CC)c12. The summed E-state index contributed by atoms with van der Waals surface area (Å²) in [6.45, 7) is 5.36. The minimum Gasteiger partial charge on any atom is -0.492 e. The van der Waals surface area contributed by atoms with Gasteiger partial charge < -0.3 is 9.30 Å². The van der Waals surface area contributed by atoms with Gasteiger partial charge in [-0.2, -0.15) is 4.99 Å². The summed E-state index contributed by atoms with van der Waals surface area (Å²) in [5, 5.41) is 1.88. The van der Waals surface area contributed by atoms with Crippen LogP contribution in [0.2, 0.25) is 0 Å². The lowest BCUT2D eigenvalue weighted by Crippen LogP contribution is -2.16.